The van der Waals surface area contributed by atoms with Gasteiger partial charge < -0.3 is 9.47 Å². The highest BCUT2D eigenvalue weighted by Crippen LogP contribution is 2.35. The molecule has 1 aliphatic heterocycles. The molecule has 0 saturated heterocycles. The fourth-order valence-corrected chi connectivity index (χ4v) is 1.94. The van der Waals surface area contributed by atoms with Crippen LogP contribution in [0.5, 0.6) is 11.5 Å². The van der Waals surface area contributed by atoms with E-state index in [1.807, 2.05) is 17.6 Å². The first-order chi connectivity index (χ1) is 6.43. The molecule has 2 heterocycles. The Balaban J connectivity index is 2.31. The number of hydrogen-bond acceptors (Lipinski definition) is 4. The highest BCUT2D eigenvalue weighted by Gasteiger charge is 2.10. The van der Waals surface area contributed by atoms with Crippen LogP contribution in [0, 0.1) is 0 Å². The molecule has 4 heteroatoms. The van der Waals surface area contributed by atoms with Crippen molar-refractivity contribution in [2.24, 2.45) is 0 Å². The van der Waals surface area contributed by atoms with Crippen LogP contribution in [-0.2, 0) is 0 Å². The standard InChI is InChI=1S/C9H5NO2S/c1-2-12-8-4-9-6(10-5-13-9)3-7(8)11-1/h1-5H. The summed E-state index contributed by atoms with van der Waals surface area (Å²) in [6, 6.07) is 3.82. The van der Waals surface area contributed by atoms with Gasteiger partial charge >= 0.3 is 0 Å². The molecule has 0 aliphatic carbocycles. The summed E-state index contributed by atoms with van der Waals surface area (Å²) in [6.07, 6.45) is 3.04. The number of hydrogen-bond donors (Lipinski definition) is 0. The number of aromatic nitrogens is 1. The molecule has 64 valence electrons. The van der Waals surface area contributed by atoms with Crippen molar-refractivity contribution in [1.82, 2.24) is 4.98 Å². The smallest absolute Gasteiger partial charge is 0.171 e. The van der Waals surface area contributed by atoms with Crippen molar-refractivity contribution in [3.05, 3.63) is 30.2 Å². The molecule has 13 heavy (non-hydrogen) atoms. The van der Waals surface area contributed by atoms with Gasteiger partial charge in [0.05, 0.1) is 15.7 Å². The van der Waals surface area contributed by atoms with E-state index in [1.54, 1.807) is 11.3 Å². The van der Waals surface area contributed by atoms with Crippen molar-refractivity contribution in [2.45, 2.75) is 0 Å². The minimum atomic E-state index is 0.723. The van der Waals surface area contributed by atoms with Crippen molar-refractivity contribution >= 4 is 21.6 Å². The van der Waals surface area contributed by atoms with Gasteiger partial charge in [-0.25, -0.2) is 4.98 Å². The van der Waals surface area contributed by atoms with Crippen molar-refractivity contribution in [1.29, 1.82) is 0 Å². The lowest BCUT2D eigenvalue weighted by molar-refractivity contribution is 0.362. The minimum Gasteiger partial charge on any atom is -0.458 e. The molecule has 3 rings (SSSR count). The van der Waals surface area contributed by atoms with E-state index in [2.05, 4.69) is 4.98 Å². The van der Waals surface area contributed by atoms with Gasteiger partial charge in [-0.3, -0.25) is 0 Å². The van der Waals surface area contributed by atoms with Crippen molar-refractivity contribution in [3.8, 4) is 11.5 Å². The van der Waals surface area contributed by atoms with Gasteiger partial charge in [0.25, 0.3) is 0 Å². The number of rotatable bonds is 0. The van der Waals surface area contributed by atoms with Crippen LogP contribution >= 0.6 is 11.3 Å². The average molecular weight is 191 g/mol. The number of ether oxygens (including phenoxy) is 2. The first kappa shape index (κ1) is 6.91. The molecule has 0 saturated carbocycles. The first-order valence-electron chi connectivity index (χ1n) is 3.79. The fraction of sp³-hybridized carbons (Fsp3) is 0. The van der Waals surface area contributed by atoms with E-state index in [-0.39, 0.29) is 0 Å². The summed E-state index contributed by atoms with van der Waals surface area (Å²) in [5, 5.41) is 0. The summed E-state index contributed by atoms with van der Waals surface area (Å²) in [4.78, 5) is 4.19. The maximum absolute atomic E-state index is 5.27. The largest absolute Gasteiger partial charge is 0.458 e. The average Bonchev–Trinajstić information content (AvgIpc) is 2.61. The monoisotopic (exact) mass is 191 g/mol. The maximum Gasteiger partial charge on any atom is 0.171 e. The van der Waals surface area contributed by atoms with Gasteiger partial charge in [-0.1, -0.05) is 0 Å². The summed E-state index contributed by atoms with van der Waals surface area (Å²) in [5.41, 5.74) is 2.76. The van der Waals surface area contributed by atoms with E-state index < -0.39 is 0 Å². The Morgan fingerprint density at radius 2 is 1.85 bits per heavy atom. The molecule has 0 bridgehead atoms. The Hall–Kier alpha value is -1.55. The Morgan fingerprint density at radius 3 is 2.69 bits per heavy atom. The zero-order valence-corrected chi connectivity index (χ0v) is 7.38. The second-order valence-electron chi connectivity index (χ2n) is 2.63. The fourth-order valence-electron chi connectivity index (χ4n) is 1.25. The molecule has 0 spiro atoms. The third-order valence-corrected chi connectivity index (χ3v) is 2.63. The van der Waals surface area contributed by atoms with Gasteiger partial charge in [-0.15, -0.1) is 11.3 Å². The molecular weight excluding hydrogens is 186 g/mol. The van der Waals surface area contributed by atoms with Crippen LogP contribution in [0.15, 0.2) is 30.2 Å². The molecular formula is C9H5NO2S. The predicted octanol–water partition coefficient (Wildman–Crippen LogP) is 2.54. The van der Waals surface area contributed by atoms with Gasteiger partial charge in [0.1, 0.15) is 12.5 Å². The second-order valence-corrected chi connectivity index (χ2v) is 3.51. The van der Waals surface area contributed by atoms with Gasteiger partial charge in [0.2, 0.25) is 0 Å². The molecule has 0 unspecified atom stereocenters. The molecule has 0 N–H and O–H groups in total. The van der Waals surface area contributed by atoms with Crippen LogP contribution in [0.4, 0.5) is 0 Å². The van der Waals surface area contributed by atoms with E-state index in [1.165, 1.54) is 12.5 Å². The summed E-state index contributed by atoms with van der Waals surface area (Å²) >= 11 is 1.59. The van der Waals surface area contributed by atoms with Crippen LogP contribution in [0.25, 0.3) is 10.2 Å². The lowest BCUT2D eigenvalue weighted by Crippen LogP contribution is -1.95. The van der Waals surface area contributed by atoms with Gasteiger partial charge in [-0.05, 0) is 0 Å². The zero-order valence-electron chi connectivity index (χ0n) is 6.56. The van der Waals surface area contributed by atoms with Gasteiger partial charge in [0.15, 0.2) is 11.5 Å². The number of thiazole rings is 1. The topological polar surface area (TPSA) is 31.4 Å². The molecule has 1 aromatic heterocycles. The molecule has 0 amide bonds. The lowest BCUT2D eigenvalue weighted by atomic mass is 10.3. The molecule has 0 fully saturated rings. The maximum atomic E-state index is 5.27. The van der Waals surface area contributed by atoms with E-state index >= 15 is 0 Å². The van der Waals surface area contributed by atoms with Crippen molar-refractivity contribution in [3.63, 3.8) is 0 Å². The first-order valence-corrected chi connectivity index (χ1v) is 4.67. The number of benzene rings is 1. The van der Waals surface area contributed by atoms with E-state index in [0.717, 1.165) is 21.7 Å². The molecule has 0 atom stereocenters. The summed E-state index contributed by atoms with van der Waals surface area (Å²) in [7, 11) is 0. The summed E-state index contributed by atoms with van der Waals surface area (Å²) in [5.74, 6) is 1.47. The third-order valence-electron chi connectivity index (χ3n) is 1.84. The van der Waals surface area contributed by atoms with Crippen molar-refractivity contribution < 1.29 is 9.47 Å². The van der Waals surface area contributed by atoms with Crippen LogP contribution in [-0.4, -0.2) is 4.98 Å². The SMILES string of the molecule is C1=COc2cc3scnc3cc2O1. The normalized spacial score (nSPS) is 13.5. The molecule has 1 aliphatic rings. The Kier molecular flexibility index (Phi) is 1.31. The van der Waals surface area contributed by atoms with Crippen molar-refractivity contribution in [2.75, 3.05) is 0 Å². The quantitative estimate of drug-likeness (QED) is 0.641. The van der Waals surface area contributed by atoms with Crippen LogP contribution in [0.1, 0.15) is 0 Å². The zero-order chi connectivity index (χ0) is 8.67. The van der Waals surface area contributed by atoms with Crippen LogP contribution < -0.4 is 9.47 Å². The highest BCUT2D eigenvalue weighted by molar-refractivity contribution is 7.16. The van der Waals surface area contributed by atoms with Crippen LogP contribution in [0.2, 0.25) is 0 Å². The highest BCUT2D eigenvalue weighted by atomic mass is 32.1. The Labute approximate surface area is 78.2 Å². The lowest BCUT2D eigenvalue weighted by Gasteiger charge is -2.11. The number of nitrogens with zero attached hydrogens (tertiary/aromatic N) is 1. The van der Waals surface area contributed by atoms with E-state index in [0.29, 0.717) is 0 Å². The van der Waals surface area contributed by atoms with Gasteiger partial charge in [0, 0.05) is 12.1 Å². The molecule has 3 nitrogen and oxygen atoms in total. The van der Waals surface area contributed by atoms with Gasteiger partial charge in [-0.2, -0.15) is 0 Å². The Morgan fingerprint density at radius 1 is 1.08 bits per heavy atom. The third kappa shape index (κ3) is 0.990. The second kappa shape index (κ2) is 2.47. The number of fused-ring (bicyclic) bond motifs is 2. The summed E-state index contributed by atoms with van der Waals surface area (Å²) in [6.45, 7) is 0. The predicted molar refractivity (Wildman–Crippen MR) is 50.0 cm³/mol. The van der Waals surface area contributed by atoms with E-state index in [9.17, 15) is 0 Å². The molecule has 2 aromatic rings. The molecule has 0 radical (unpaired) electrons. The van der Waals surface area contributed by atoms with E-state index in [4.69, 9.17) is 9.47 Å². The van der Waals surface area contributed by atoms with Crippen LogP contribution in [0.3, 0.4) is 0 Å². The minimum absolute atomic E-state index is 0.723. The molecule has 1 aromatic carbocycles. The summed E-state index contributed by atoms with van der Waals surface area (Å²) < 4.78 is 11.6. The Bertz CT molecular complexity index is 447.